The molecule has 0 aliphatic carbocycles. The molecular formula is C14H18ClNO. The summed E-state index contributed by atoms with van der Waals surface area (Å²) >= 11 is 6.24. The molecule has 1 heterocycles. The van der Waals surface area contributed by atoms with E-state index in [-0.39, 0.29) is 0 Å². The van der Waals surface area contributed by atoms with Gasteiger partial charge in [0.05, 0.1) is 16.1 Å². The summed E-state index contributed by atoms with van der Waals surface area (Å²) < 4.78 is 2.18. The summed E-state index contributed by atoms with van der Waals surface area (Å²) in [6.45, 7) is 6.60. The van der Waals surface area contributed by atoms with Crippen LogP contribution in [0.1, 0.15) is 26.5 Å². The number of fused-ring (bicyclic) bond motifs is 1. The number of hydrogen-bond acceptors (Lipinski definition) is 1. The summed E-state index contributed by atoms with van der Waals surface area (Å²) in [5.41, 5.74) is 1.49. The highest BCUT2D eigenvalue weighted by molar-refractivity contribution is 6.35. The average Bonchev–Trinajstić information content (AvgIpc) is 2.53. The normalized spacial score (nSPS) is 12.3. The third-order valence-electron chi connectivity index (χ3n) is 2.89. The number of benzene rings is 1. The van der Waals surface area contributed by atoms with Gasteiger partial charge < -0.3 is 9.67 Å². The molecule has 0 unspecified atom stereocenters. The van der Waals surface area contributed by atoms with Crippen molar-refractivity contribution in [1.82, 2.24) is 4.57 Å². The van der Waals surface area contributed by atoms with E-state index in [4.69, 9.17) is 11.6 Å². The molecule has 0 radical (unpaired) electrons. The molecule has 2 nitrogen and oxygen atoms in total. The summed E-state index contributed by atoms with van der Waals surface area (Å²) in [5, 5.41) is 11.8. The van der Waals surface area contributed by atoms with Crippen molar-refractivity contribution in [1.29, 1.82) is 0 Å². The predicted molar refractivity (Wildman–Crippen MR) is 72.6 cm³/mol. The number of hydrogen-bond donors (Lipinski definition) is 1. The van der Waals surface area contributed by atoms with Crippen molar-refractivity contribution in [2.24, 2.45) is 0 Å². The standard InChI is InChI=1S/C14H18ClNO/c1-4-16-11(9-14(2,3)17)8-10-6-5-7-12(15)13(10)16/h5-8,17H,4,9H2,1-3H3. The Kier molecular flexibility index (Phi) is 3.19. The molecule has 0 saturated heterocycles. The van der Waals surface area contributed by atoms with Crippen LogP contribution in [0.3, 0.4) is 0 Å². The highest BCUT2D eigenvalue weighted by Crippen LogP contribution is 2.28. The van der Waals surface area contributed by atoms with Gasteiger partial charge in [0.2, 0.25) is 0 Å². The van der Waals surface area contributed by atoms with Crippen molar-refractivity contribution < 1.29 is 5.11 Å². The first-order valence-electron chi connectivity index (χ1n) is 5.91. The van der Waals surface area contributed by atoms with Gasteiger partial charge in [-0.3, -0.25) is 0 Å². The molecule has 0 aliphatic rings. The lowest BCUT2D eigenvalue weighted by Gasteiger charge is -2.18. The van der Waals surface area contributed by atoms with Gasteiger partial charge in [0.1, 0.15) is 0 Å². The fraction of sp³-hybridized carbons (Fsp3) is 0.429. The molecule has 0 atom stereocenters. The third kappa shape index (κ3) is 2.48. The first-order valence-corrected chi connectivity index (χ1v) is 6.29. The first kappa shape index (κ1) is 12.5. The van der Waals surface area contributed by atoms with Crippen LogP contribution in [0.25, 0.3) is 10.9 Å². The highest BCUT2D eigenvalue weighted by Gasteiger charge is 2.18. The number of aryl methyl sites for hydroxylation is 1. The second kappa shape index (κ2) is 4.35. The lowest BCUT2D eigenvalue weighted by molar-refractivity contribution is 0.0791. The Morgan fingerprint density at radius 3 is 2.65 bits per heavy atom. The van der Waals surface area contributed by atoms with Gasteiger partial charge >= 0.3 is 0 Å². The quantitative estimate of drug-likeness (QED) is 0.886. The third-order valence-corrected chi connectivity index (χ3v) is 3.19. The number of rotatable bonds is 3. The van der Waals surface area contributed by atoms with E-state index in [0.717, 1.165) is 28.2 Å². The maximum absolute atomic E-state index is 9.94. The van der Waals surface area contributed by atoms with E-state index >= 15 is 0 Å². The molecule has 0 fully saturated rings. The Balaban J connectivity index is 2.61. The van der Waals surface area contributed by atoms with E-state index in [9.17, 15) is 5.11 Å². The molecule has 0 bridgehead atoms. The van der Waals surface area contributed by atoms with Crippen LogP contribution in [0, 0.1) is 0 Å². The zero-order valence-corrected chi connectivity index (χ0v) is 11.3. The largest absolute Gasteiger partial charge is 0.390 e. The second-order valence-corrected chi connectivity index (χ2v) is 5.45. The maximum Gasteiger partial charge on any atom is 0.0671 e. The lowest BCUT2D eigenvalue weighted by Crippen LogP contribution is -2.23. The monoisotopic (exact) mass is 251 g/mol. The van der Waals surface area contributed by atoms with Gasteiger partial charge in [-0.1, -0.05) is 23.7 Å². The van der Waals surface area contributed by atoms with Crippen molar-refractivity contribution >= 4 is 22.5 Å². The minimum Gasteiger partial charge on any atom is -0.390 e. The summed E-state index contributed by atoms with van der Waals surface area (Å²) in [7, 11) is 0. The molecular weight excluding hydrogens is 234 g/mol. The number of para-hydroxylation sites is 1. The van der Waals surface area contributed by atoms with E-state index in [0.29, 0.717) is 6.42 Å². The number of halogens is 1. The van der Waals surface area contributed by atoms with Gasteiger partial charge in [-0.05, 0) is 32.9 Å². The molecule has 2 rings (SSSR count). The molecule has 0 saturated carbocycles. The minimum absolute atomic E-state index is 0.631. The Hall–Kier alpha value is -0.990. The summed E-state index contributed by atoms with van der Waals surface area (Å²) in [6.07, 6.45) is 0.631. The summed E-state index contributed by atoms with van der Waals surface area (Å²) in [4.78, 5) is 0. The van der Waals surface area contributed by atoms with Crippen LogP contribution in [-0.2, 0) is 13.0 Å². The molecule has 1 aromatic carbocycles. The van der Waals surface area contributed by atoms with Crippen LogP contribution in [-0.4, -0.2) is 15.3 Å². The Bertz CT molecular complexity index is 537. The summed E-state index contributed by atoms with van der Waals surface area (Å²) in [5.74, 6) is 0. The second-order valence-electron chi connectivity index (χ2n) is 5.05. The minimum atomic E-state index is -0.701. The molecule has 1 aromatic heterocycles. The van der Waals surface area contributed by atoms with Crippen molar-refractivity contribution in [3.63, 3.8) is 0 Å². The van der Waals surface area contributed by atoms with E-state index < -0.39 is 5.60 Å². The molecule has 2 aromatic rings. The predicted octanol–water partition coefficient (Wildman–Crippen LogP) is 3.63. The average molecular weight is 252 g/mol. The fourth-order valence-electron chi connectivity index (χ4n) is 2.29. The fourth-order valence-corrected chi connectivity index (χ4v) is 2.57. The van der Waals surface area contributed by atoms with Gasteiger partial charge in [-0.15, -0.1) is 0 Å². The maximum atomic E-state index is 9.94. The van der Waals surface area contributed by atoms with Crippen molar-refractivity contribution in [2.75, 3.05) is 0 Å². The topological polar surface area (TPSA) is 25.2 Å². The Morgan fingerprint density at radius 2 is 2.06 bits per heavy atom. The van der Waals surface area contributed by atoms with Gasteiger partial charge in [0.15, 0.2) is 0 Å². The number of aliphatic hydroxyl groups is 1. The van der Waals surface area contributed by atoms with E-state index in [1.165, 1.54) is 0 Å². The number of nitrogens with zero attached hydrogens (tertiary/aromatic N) is 1. The molecule has 17 heavy (non-hydrogen) atoms. The molecule has 3 heteroatoms. The van der Waals surface area contributed by atoms with Crippen molar-refractivity contribution in [2.45, 2.75) is 39.3 Å². The Labute approximate surface area is 107 Å². The van der Waals surface area contributed by atoms with E-state index in [2.05, 4.69) is 23.6 Å². The zero-order valence-electron chi connectivity index (χ0n) is 10.5. The SMILES string of the molecule is CCn1c(CC(C)(C)O)cc2cccc(Cl)c21. The molecule has 0 spiro atoms. The smallest absolute Gasteiger partial charge is 0.0671 e. The van der Waals surface area contributed by atoms with Gasteiger partial charge in [-0.2, -0.15) is 0 Å². The summed E-state index contributed by atoms with van der Waals surface area (Å²) in [6, 6.07) is 8.03. The van der Waals surface area contributed by atoms with Crippen LogP contribution in [0.2, 0.25) is 5.02 Å². The van der Waals surface area contributed by atoms with Gasteiger partial charge in [-0.25, -0.2) is 0 Å². The van der Waals surface area contributed by atoms with Crippen LogP contribution in [0.5, 0.6) is 0 Å². The molecule has 1 N–H and O–H groups in total. The van der Waals surface area contributed by atoms with Crippen molar-refractivity contribution in [3.05, 3.63) is 35.0 Å². The van der Waals surface area contributed by atoms with Crippen molar-refractivity contribution in [3.8, 4) is 0 Å². The molecule has 0 amide bonds. The van der Waals surface area contributed by atoms with Crippen LogP contribution < -0.4 is 0 Å². The van der Waals surface area contributed by atoms with E-state index in [1.807, 2.05) is 26.0 Å². The van der Waals surface area contributed by atoms with E-state index in [1.54, 1.807) is 0 Å². The first-order chi connectivity index (χ1) is 7.92. The Morgan fingerprint density at radius 1 is 1.35 bits per heavy atom. The molecule has 0 aliphatic heterocycles. The van der Waals surface area contributed by atoms with Crippen LogP contribution in [0.4, 0.5) is 0 Å². The highest BCUT2D eigenvalue weighted by atomic mass is 35.5. The lowest BCUT2D eigenvalue weighted by atomic mass is 10.0. The number of aromatic nitrogens is 1. The zero-order chi connectivity index (χ0) is 12.6. The van der Waals surface area contributed by atoms with Crippen LogP contribution >= 0.6 is 11.6 Å². The molecule has 92 valence electrons. The van der Waals surface area contributed by atoms with Gasteiger partial charge in [0.25, 0.3) is 0 Å². The van der Waals surface area contributed by atoms with Gasteiger partial charge in [0, 0.05) is 24.0 Å². The van der Waals surface area contributed by atoms with Crippen LogP contribution in [0.15, 0.2) is 24.3 Å².